The number of benzene rings is 2. The summed E-state index contributed by atoms with van der Waals surface area (Å²) in [5, 5.41) is 1.63. The zero-order valence-electron chi connectivity index (χ0n) is 9.02. The van der Waals surface area contributed by atoms with Crippen LogP contribution in [0.25, 0.3) is 10.8 Å². The second kappa shape index (κ2) is 3.31. The van der Waals surface area contributed by atoms with Gasteiger partial charge in [-0.2, -0.15) is 0 Å². The van der Waals surface area contributed by atoms with Gasteiger partial charge in [0.15, 0.2) is 0 Å². The molecule has 2 aromatic carbocycles. The monoisotopic (exact) mass is 228 g/mol. The maximum atomic E-state index is 11.4. The van der Waals surface area contributed by atoms with Crippen molar-refractivity contribution < 1.29 is 19.1 Å². The van der Waals surface area contributed by atoms with Crippen molar-refractivity contribution in [2.24, 2.45) is 0 Å². The Labute approximate surface area is 96.8 Å². The second-order valence-electron chi connectivity index (χ2n) is 3.76. The predicted molar refractivity (Wildman–Crippen MR) is 60.2 cm³/mol. The van der Waals surface area contributed by atoms with Gasteiger partial charge >= 0.3 is 11.9 Å². The Kier molecular flexibility index (Phi) is 1.92. The smallest absolute Gasteiger partial charge is 0.346 e. The Morgan fingerprint density at radius 1 is 1.06 bits per heavy atom. The molecule has 0 spiro atoms. The zero-order valence-corrected chi connectivity index (χ0v) is 9.02. The summed E-state index contributed by atoms with van der Waals surface area (Å²) in [7, 11) is 1.56. The average molecular weight is 228 g/mol. The molecule has 0 aliphatic carbocycles. The molecular weight excluding hydrogens is 220 g/mol. The van der Waals surface area contributed by atoms with E-state index < -0.39 is 11.9 Å². The number of hydrogen-bond acceptors (Lipinski definition) is 4. The lowest BCUT2D eigenvalue weighted by molar-refractivity contribution is 0.0444. The van der Waals surface area contributed by atoms with Crippen LogP contribution in [0.2, 0.25) is 0 Å². The fourth-order valence-corrected chi connectivity index (χ4v) is 2.01. The molecule has 84 valence electrons. The molecule has 4 heteroatoms. The lowest BCUT2D eigenvalue weighted by Gasteiger charge is -2.05. The predicted octanol–water partition coefficient (Wildman–Crippen LogP) is 2.16. The quantitative estimate of drug-likeness (QED) is 0.554. The first-order chi connectivity index (χ1) is 8.20. The van der Waals surface area contributed by atoms with Crippen molar-refractivity contribution in [3.63, 3.8) is 0 Å². The van der Waals surface area contributed by atoms with Gasteiger partial charge in [0.05, 0.1) is 18.2 Å². The first-order valence-corrected chi connectivity index (χ1v) is 5.08. The Bertz CT molecular complexity index is 658. The summed E-state index contributed by atoms with van der Waals surface area (Å²) >= 11 is 0. The normalized spacial score (nSPS) is 13.7. The molecule has 0 fully saturated rings. The third kappa shape index (κ3) is 1.30. The van der Waals surface area contributed by atoms with E-state index in [1.807, 2.05) is 12.1 Å². The van der Waals surface area contributed by atoms with Crippen LogP contribution < -0.4 is 4.74 Å². The number of cyclic esters (lactones) is 2. The summed E-state index contributed by atoms with van der Waals surface area (Å²) in [4.78, 5) is 22.8. The van der Waals surface area contributed by atoms with Crippen molar-refractivity contribution >= 4 is 22.7 Å². The molecule has 4 nitrogen and oxygen atoms in total. The van der Waals surface area contributed by atoms with Crippen LogP contribution in [0.3, 0.4) is 0 Å². The fourth-order valence-electron chi connectivity index (χ4n) is 2.01. The van der Waals surface area contributed by atoms with Crippen LogP contribution in [-0.2, 0) is 4.74 Å². The minimum absolute atomic E-state index is 0.298. The van der Waals surface area contributed by atoms with E-state index in [2.05, 4.69) is 4.74 Å². The van der Waals surface area contributed by atoms with Gasteiger partial charge in [0, 0.05) is 5.39 Å². The van der Waals surface area contributed by atoms with Crippen molar-refractivity contribution in [2.75, 3.05) is 7.11 Å². The topological polar surface area (TPSA) is 52.6 Å². The molecule has 0 atom stereocenters. The zero-order chi connectivity index (χ0) is 12.0. The molecule has 17 heavy (non-hydrogen) atoms. The molecule has 1 heterocycles. The molecule has 0 aromatic heterocycles. The molecule has 0 bridgehead atoms. The van der Waals surface area contributed by atoms with Crippen LogP contribution >= 0.6 is 0 Å². The average Bonchev–Trinajstić information content (AvgIpc) is 2.62. The molecular formula is C13H8O4. The van der Waals surface area contributed by atoms with Crippen LogP contribution in [0.5, 0.6) is 5.75 Å². The van der Waals surface area contributed by atoms with Crippen molar-refractivity contribution in [3.05, 3.63) is 41.5 Å². The Hall–Kier alpha value is -2.36. The maximum absolute atomic E-state index is 11.4. The second-order valence-corrected chi connectivity index (χ2v) is 3.76. The molecule has 1 aliphatic rings. The highest BCUT2D eigenvalue weighted by molar-refractivity contribution is 6.17. The fraction of sp³-hybridized carbons (Fsp3) is 0.0769. The van der Waals surface area contributed by atoms with Crippen molar-refractivity contribution in [1.29, 1.82) is 0 Å². The molecule has 0 saturated carbocycles. The number of fused-ring (bicyclic) bond motifs is 2. The van der Waals surface area contributed by atoms with Crippen LogP contribution in [0.15, 0.2) is 30.3 Å². The first kappa shape index (κ1) is 9.84. The van der Waals surface area contributed by atoms with E-state index in [1.165, 1.54) is 0 Å². The van der Waals surface area contributed by atoms with E-state index in [9.17, 15) is 9.59 Å². The highest BCUT2D eigenvalue weighted by atomic mass is 16.6. The van der Waals surface area contributed by atoms with Gasteiger partial charge in [0.1, 0.15) is 5.75 Å². The van der Waals surface area contributed by atoms with Crippen molar-refractivity contribution in [3.8, 4) is 5.75 Å². The van der Waals surface area contributed by atoms with Crippen LogP contribution in [0, 0.1) is 0 Å². The third-order valence-corrected chi connectivity index (χ3v) is 2.82. The lowest BCUT2D eigenvalue weighted by Crippen LogP contribution is -1.96. The minimum Gasteiger partial charge on any atom is -0.496 e. The highest BCUT2D eigenvalue weighted by Crippen LogP contribution is 2.31. The number of rotatable bonds is 1. The van der Waals surface area contributed by atoms with Gasteiger partial charge < -0.3 is 9.47 Å². The number of methoxy groups -OCH3 is 1. The Morgan fingerprint density at radius 3 is 2.47 bits per heavy atom. The van der Waals surface area contributed by atoms with Gasteiger partial charge in [-0.25, -0.2) is 9.59 Å². The summed E-state index contributed by atoms with van der Waals surface area (Å²) in [5.41, 5.74) is 0.614. The van der Waals surface area contributed by atoms with Gasteiger partial charge in [0.25, 0.3) is 0 Å². The van der Waals surface area contributed by atoms with Crippen LogP contribution in [0.1, 0.15) is 20.7 Å². The number of ether oxygens (including phenoxy) is 2. The molecule has 1 aliphatic heterocycles. The van der Waals surface area contributed by atoms with E-state index in [1.54, 1.807) is 25.3 Å². The maximum Gasteiger partial charge on any atom is 0.346 e. The summed E-state index contributed by atoms with van der Waals surface area (Å²) in [6.45, 7) is 0. The molecule has 0 saturated heterocycles. The largest absolute Gasteiger partial charge is 0.496 e. The van der Waals surface area contributed by atoms with Crippen LogP contribution in [0.4, 0.5) is 0 Å². The summed E-state index contributed by atoms with van der Waals surface area (Å²) in [6, 6.07) is 8.78. The summed E-state index contributed by atoms with van der Waals surface area (Å²) in [5.74, 6) is -0.523. The molecule has 3 rings (SSSR count). The summed E-state index contributed by atoms with van der Waals surface area (Å²) < 4.78 is 9.77. The minimum atomic E-state index is -0.599. The number of carbonyl (C=O) groups is 2. The number of hydrogen-bond donors (Lipinski definition) is 0. The first-order valence-electron chi connectivity index (χ1n) is 5.08. The lowest BCUT2D eigenvalue weighted by atomic mass is 10.0. The van der Waals surface area contributed by atoms with Crippen molar-refractivity contribution in [2.45, 2.75) is 0 Å². The van der Waals surface area contributed by atoms with Gasteiger partial charge in [-0.3, -0.25) is 0 Å². The van der Waals surface area contributed by atoms with E-state index in [0.717, 1.165) is 10.8 Å². The van der Waals surface area contributed by atoms with E-state index >= 15 is 0 Å². The summed E-state index contributed by atoms with van der Waals surface area (Å²) in [6.07, 6.45) is 0. The van der Waals surface area contributed by atoms with Gasteiger partial charge in [-0.15, -0.1) is 0 Å². The van der Waals surface area contributed by atoms with Gasteiger partial charge in [-0.05, 0) is 23.6 Å². The van der Waals surface area contributed by atoms with E-state index in [0.29, 0.717) is 16.9 Å². The van der Waals surface area contributed by atoms with Gasteiger partial charge in [-0.1, -0.05) is 12.1 Å². The number of carbonyl (C=O) groups excluding carboxylic acids is 2. The van der Waals surface area contributed by atoms with Crippen LogP contribution in [-0.4, -0.2) is 19.0 Å². The SMILES string of the molecule is COc1cccc2cc3c(cc12)C(=O)OC3=O. The molecule has 2 aromatic rings. The number of esters is 2. The Morgan fingerprint density at radius 2 is 1.76 bits per heavy atom. The molecule has 0 unspecified atom stereocenters. The van der Waals surface area contributed by atoms with E-state index in [-0.39, 0.29) is 0 Å². The van der Waals surface area contributed by atoms with Crippen molar-refractivity contribution in [1.82, 2.24) is 0 Å². The van der Waals surface area contributed by atoms with Gasteiger partial charge in [0.2, 0.25) is 0 Å². The third-order valence-electron chi connectivity index (χ3n) is 2.82. The molecule has 0 N–H and O–H groups in total. The molecule has 0 radical (unpaired) electrons. The Balaban J connectivity index is 2.39. The highest BCUT2D eigenvalue weighted by Gasteiger charge is 2.30. The van der Waals surface area contributed by atoms with E-state index in [4.69, 9.17) is 4.74 Å². The standard InChI is InChI=1S/C13H8O4/c1-16-11-4-2-3-7-5-9-10(6-8(7)11)13(15)17-12(9)14/h2-6H,1H3. The molecule has 0 amide bonds.